The highest BCUT2D eigenvalue weighted by Crippen LogP contribution is 2.61. The third-order valence-corrected chi connectivity index (χ3v) is 13.2. The van der Waals surface area contributed by atoms with Crippen molar-refractivity contribution in [1.82, 2.24) is 15.0 Å². The van der Waals surface area contributed by atoms with Crippen molar-refractivity contribution in [3.8, 4) is 45.3 Å². The van der Waals surface area contributed by atoms with Crippen LogP contribution in [0.5, 0.6) is 0 Å². The van der Waals surface area contributed by atoms with Gasteiger partial charge in [-0.1, -0.05) is 189 Å². The lowest BCUT2D eigenvalue weighted by atomic mass is 9.54. The first kappa shape index (κ1) is 33.7. The molecule has 4 heteroatoms. The molecule has 0 atom stereocenters. The molecule has 11 rings (SSSR count). The first-order valence-electron chi connectivity index (χ1n) is 19.5. The number of benzene rings is 8. The molecular weight excluding hydrogens is 711 g/mol. The van der Waals surface area contributed by atoms with Crippen LogP contribution >= 0.6 is 11.8 Å². The van der Waals surface area contributed by atoms with Crippen LogP contribution in [-0.4, -0.2) is 15.0 Å². The molecule has 1 aliphatic carbocycles. The Morgan fingerprint density at radius 2 is 0.825 bits per heavy atom. The quantitative estimate of drug-likeness (QED) is 0.180. The normalized spacial score (nSPS) is 14.4. The number of aromatic nitrogens is 3. The highest BCUT2D eigenvalue weighted by molar-refractivity contribution is 7.99. The second kappa shape index (κ2) is 13.0. The van der Waals surface area contributed by atoms with Crippen LogP contribution in [0.4, 0.5) is 0 Å². The summed E-state index contributed by atoms with van der Waals surface area (Å²) in [7, 11) is 0. The van der Waals surface area contributed by atoms with Gasteiger partial charge >= 0.3 is 0 Å². The van der Waals surface area contributed by atoms with Gasteiger partial charge < -0.3 is 0 Å². The Morgan fingerprint density at radius 3 is 1.54 bits per heavy atom. The van der Waals surface area contributed by atoms with Gasteiger partial charge in [0.15, 0.2) is 17.5 Å². The highest BCUT2D eigenvalue weighted by atomic mass is 32.2. The van der Waals surface area contributed by atoms with E-state index in [1.54, 1.807) is 0 Å². The van der Waals surface area contributed by atoms with Gasteiger partial charge in [-0.2, -0.15) is 0 Å². The van der Waals surface area contributed by atoms with Crippen molar-refractivity contribution in [3.63, 3.8) is 0 Å². The van der Waals surface area contributed by atoms with Gasteiger partial charge in [-0.15, -0.1) is 0 Å². The van der Waals surface area contributed by atoms with Crippen LogP contribution in [0.2, 0.25) is 0 Å². The number of rotatable bonds is 4. The summed E-state index contributed by atoms with van der Waals surface area (Å²) in [5.41, 5.74) is 12.7. The number of hydrogen-bond acceptors (Lipinski definition) is 4. The molecule has 0 N–H and O–H groups in total. The predicted octanol–water partition coefficient (Wildman–Crippen LogP) is 13.2. The molecule has 0 saturated heterocycles. The predicted molar refractivity (Wildman–Crippen MR) is 234 cm³/mol. The van der Waals surface area contributed by atoms with Crippen LogP contribution in [0.1, 0.15) is 47.2 Å². The zero-order valence-corrected chi connectivity index (χ0v) is 32.5. The number of nitrogens with zero attached hydrogens (tertiary/aromatic N) is 3. The summed E-state index contributed by atoms with van der Waals surface area (Å²) in [4.78, 5) is 17.8. The second-order valence-electron chi connectivity index (χ2n) is 15.6. The zero-order valence-electron chi connectivity index (χ0n) is 31.6. The van der Waals surface area contributed by atoms with Gasteiger partial charge in [0.25, 0.3) is 0 Å². The van der Waals surface area contributed by atoms with Gasteiger partial charge in [-0.3, -0.25) is 0 Å². The van der Waals surface area contributed by atoms with E-state index in [4.69, 9.17) is 15.0 Å². The lowest BCUT2D eigenvalue weighted by Crippen LogP contribution is -2.43. The van der Waals surface area contributed by atoms with Crippen LogP contribution < -0.4 is 0 Å². The van der Waals surface area contributed by atoms with Crippen LogP contribution in [0.15, 0.2) is 198 Å². The Morgan fingerprint density at radius 1 is 0.333 bits per heavy atom. The van der Waals surface area contributed by atoms with Crippen LogP contribution in [-0.2, 0) is 10.8 Å². The first-order chi connectivity index (χ1) is 28.0. The largest absolute Gasteiger partial charge is 0.208 e. The molecule has 1 aliphatic heterocycles. The number of hydrogen-bond donors (Lipinski definition) is 0. The van der Waals surface area contributed by atoms with Crippen molar-refractivity contribution < 1.29 is 0 Å². The summed E-state index contributed by atoms with van der Waals surface area (Å²) in [5.74, 6) is 1.95. The van der Waals surface area contributed by atoms with E-state index >= 15 is 0 Å². The molecule has 8 aromatic carbocycles. The van der Waals surface area contributed by atoms with Gasteiger partial charge in [0, 0.05) is 31.9 Å². The molecule has 0 amide bonds. The molecule has 2 heterocycles. The first-order valence-corrected chi connectivity index (χ1v) is 20.3. The fourth-order valence-electron chi connectivity index (χ4n) is 9.32. The minimum Gasteiger partial charge on any atom is -0.208 e. The Hall–Kier alpha value is -6.62. The van der Waals surface area contributed by atoms with E-state index in [2.05, 4.69) is 184 Å². The summed E-state index contributed by atoms with van der Waals surface area (Å²) in [5, 5.41) is 2.34. The third-order valence-electron chi connectivity index (χ3n) is 12.0. The molecule has 1 aromatic heterocycles. The molecule has 0 fully saturated rings. The molecule has 270 valence electrons. The SMILES string of the molecule is CC1(C)c2ccccc2C2(c3ccccc3Sc3cc(-c4cccc(-c5nc(-c6ccccc6)nc(-c6ccc7ccccc7c6)n5)c4)ccc32)c2ccccc21. The Labute approximate surface area is 337 Å². The van der Waals surface area contributed by atoms with Crippen molar-refractivity contribution in [2.75, 3.05) is 0 Å². The van der Waals surface area contributed by atoms with E-state index in [1.807, 2.05) is 30.0 Å². The Bertz CT molecular complexity index is 2990. The summed E-state index contributed by atoms with van der Waals surface area (Å²) in [6.07, 6.45) is 0. The van der Waals surface area contributed by atoms with Crippen molar-refractivity contribution in [2.45, 2.75) is 34.5 Å². The van der Waals surface area contributed by atoms with E-state index in [9.17, 15) is 0 Å². The van der Waals surface area contributed by atoms with Gasteiger partial charge in [0.2, 0.25) is 0 Å². The van der Waals surface area contributed by atoms with Crippen LogP contribution in [0.25, 0.3) is 56.1 Å². The molecular formula is C53H37N3S. The summed E-state index contributed by atoms with van der Waals surface area (Å²) in [6, 6.07) is 68.0. The number of fused-ring (bicyclic) bond motifs is 9. The van der Waals surface area contributed by atoms with Crippen molar-refractivity contribution in [3.05, 3.63) is 221 Å². The molecule has 9 aromatic rings. The lowest BCUT2D eigenvalue weighted by molar-refractivity contribution is 0.549. The summed E-state index contributed by atoms with van der Waals surface area (Å²) >= 11 is 1.88. The maximum absolute atomic E-state index is 5.12. The van der Waals surface area contributed by atoms with Gasteiger partial charge in [0.1, 0.15) is 0 Å². The average Bonchev–Trinajstić information content (AvgIpc) is 3.28. The van der Waals surface area contributed by atoms with Gasteiger partial charge in [-0.05, 0) is 79.5 Å². The van der Waals surface area contributed by atoms with E-state index < -0.39 is 5.41 Å². The molecule has 57 heavy (non-hydrogen) atoms. The van der Waals surface area contributed by atoms with Crippen LogP contribution in [0.3, 0.4) is 0 Å². The topological polar surface area (TPSA) is 38.7 Å². The van der Waals surface area contributed by atoms with Crippen molar-refractivity contribution >= 4 is 22.5 Å². The van der Waals surface area contributed by atoms with E-state index in [1.165, 1.54) is 48.6 Å². The van der Waals surface area contributed by atoms with Crippen molar-refractivity contribution in [1.29, 1.82) is 0 Å². The van der Waals surface area contributed by atoms with Crippen LogP contribution in [0, 0.1) is 0 Å². The molecule has 0 bridgehead atoms. The molecule has 1 spiro atoms. The molecule has 0 saturated carbocycles. The fraction of sp³-hybridized carbons (Fsp3) is 0.0755. The monoisotopic (exact) mass is 747 g/mol. The summed E-state index contributed by atoms with van der Waals surface area (Å²) < 4.78 is 0. The molecule has 3 nitrogen and oxygen atoms in total. The summed E-state index contributed by atoms with van der Waals surface area (Å²) in [6.45, 7) is 4.75. The zero-order chi connectivity index (χ0) is 38.1. The molecule has 0 unspecified atom stereocenters. The maximum Gasteiger partial charge on any atom is 0.164 e. The fourth-order valence-corrected chi connectivity index (χ4v) is 10.6. The highest BCUT2D eigenvalue weighted by Gasteiger charge is 2.52. The van der Waals surface area contributed by atoms with Crippen molar-refractivity contribution in [2.24, 2.45) is 0 Å². The Kier molecular flexibility index (Phi) is 7.67. The van der Waals surface area contributed by atoms with E-state index in [0.29, 0.717) is 17.5 Å². The molecule has 2 aliphatic rings. The molecule has 0 radical (unpaired) electrons. The average molecular weight is 748 g/mol. The minimum atomic E-state index is -0.446. The lowest BCUT2D eigenvalue weighted by Gasteiger charge is -2.50. The second-order valence-corrected chi connectivity index (χ2v) is 16.7. The maximum atomic E-state index is 5.12. The third kappa shape index (κ3) is 5.24. The smallest absolute Gasteiger partial charge is 0.164 e. The standard InChI is InChI=1S/C53H37N3S/c1-52(2)41-21-8-10-23-43(41)53(44-24-11-9-22-42(44)52)45-25-12-13-26-47(45)57-48-33-38(29-30-46(48)53)37-19-14-20-39(32-37)50-54-49(35-16-4-3-5-17-35)55-51(56-50)40-28-27-34-15-6-7-18-36(34)31-40/h3-33H,1-2H3. The Balaban J connectivity index is 1.07. The van der Waals surface area contributed by atoms with E-state index in [0.717, 1.165) is 33.2 Å². The van der Waals surface area contributed by atoms with Gasteiger partial charge in [-0.25, -0.2) is 15.0 Å². The van der Waals surface area contributed by atoms with Gasteiger partial charge in [0.05, 0.1) is 5.41 Å². The minimum absolute atomic E-state index is 0.137. The van der Waals surface area contributed by atoms with E-state index in [-0.39, 0.29) is 5.41 Å².